The Balaban J connectivity index is 1.55. The van der Waals surface area contributed by atoms with E-state index in [0.29, 0.717) is 25.9 Å². The average molecular weight is 328 g/mol. The van der Waals surface area contributed by atoms with Crippen molar-refractivity contribution < 1.29 is 14.7 Å². The van der Waals surface area contributed by atoms with E-state index in [1.54, 1.807) is 0 Å². The third-order valence-corrected chi connectivity index (χ3v) is 5.00. The lowest BCUT2D eigenvalue weighted by Gasteiger charge is -2.37. The summed E-state index contributed by atoms with van der Waals surface area (Å²) in [5.74, 6) is -1.84. The van der Waals surface area contributed by atoms with Crippen molar-refractivity contribution >= 4 is 11.9 Å². The molecule has 0 unspecified atom stereocenters. The van der Waals surface area contributed by atoms with Crippen LogP contribution in [0.5, 0.6) is 0 Å². The van der Waals surface area contributed by atoms with Gasteiger partial charge in [0.2, 0.25) is 5.91 Å². The van der Waals surface area contributed by atoms with Gasteiger partial charge in [0, 0.05) is 32.7 Å². The van der Waals surface area contributed by atoms with Gasteiger partial charge < -0.3 is 10.0 Å². The van der Waals surface area contributed by atoms with Crippen LogP contribution in [0.25, 0.3) is 0 Å². The van der Waals surface area contributed by atoms with Gasteiger partial charge in [-0.2, -0.15) is 0 Å². The van der Waals surface area contributed by atoms with E-state index in [2.05, 4.69) is 17.0 Å². The molecular formula is C19H24N2O3. The number of carbonyl (C=O) groups is 2. The number of allylic oxidation sites excluding steroid dienone is 2. The lowest BCUT2D eigenvalue weighted by atomic mass is 9.82. The van der Waals surface area contributed by atoms with Crippen LogP contribution in [0.4, 0.5) is 0 Å². The molecule has 1 fully saturated rings. The zero-order chi connectivity index (χ0) is 16.9. The Morgan fingerprint density at radius 1 is 0.958 bits per heavy atom. The van der Waals surface area contributed by atoms with Crippen LogP contribution in [0.1, 0.15) is 18.4 Å². The third kappa shape index (κ3) is 3.85. The highest BCUT2D eigenvalue weighted by Gasteiger charge is 2.37. The molecule has 1 aromatic rings. The van der Waals surface area contributed by atoms with Crippen molar-refractivity contribution in [3.63, 3.8) is 0 Å². The van der Waals surface area contributed by atoms with Crippen LogP contribution in [0.15, 0.2) is 42.5 Å². The first-order valence-corrected chi connectivity index (χ1v) is 8.58. The Bertz CT molecular complexity index is 606. The molecule has 1 amide bonds. The van der Waals surface area contributed by atoms with E-state index in [1.807, 2.05) is 35.3 Å². The van der Waals surface area contributed by atoms with Crippen LogP contribution in [0, 0.1) is 11.8 Å². The molecule has 0 saturated carbocycles. The van der Waals surface area contributed by atoms with Crippen LogP contribution in [-0.2, 0) is 16.1 Å². The molecule has 5 nitrogen and oxygen atoms in total. The van der Waals surface area contributed by atoms with Crippen LogP contribution in [0.3, 0.4) is 0 Å². The maximum Gasteiger partial charge on any atom is 0.307 e. The number of carbonyl (C=O) groups excluding carboxylic acids is 1. The first-order chi connectivity index (χ1) is 11.6. The molecule has 0 aromatic heterocycles. The second kappa shape index (κ2) is 7.62. The highest BCUT2D eigenvalue weighted by Crippen LogP contribution is 2.28. The van der Waals surface area contributed by atoms with Gasteiger partial charge in [-0.15, -0.1) is 0 Å². The Hall–Kier alpha value is -2.14. The Morgan fingerprint density at radius 3 is 2.21 bits per heavy atom. The van der Waals surface area contributed by atoms with E-state index in [0.717, 1.165) is 19.6 Å². The molecule has 0 radical (unpaired) electrons. The van der Waals surface area contributed by atoms with Gasteiger partial charge in [0.05, 0.1) is 11.8 Å². The van der Waals surface area contributed by atoms with Gasteiger partial charge in [-0.05, 0) is 18.4 Å². The lowest BCUT2D eigenvalue weighted by Crippen LogP contribution is -2.51. The molecular weight excluding hydrogens is 304 g/mol. The minimum atomic E-state index is -0.861. The molecule has 2 atom stereocenters. The van der Waals surface area contributed by atoms with Crippen molar-refractivity contribution in [1.29, 1.82) is 0 Å². The van der Waals surface area contributed by atoms with Crippen LogP contribution < -0.4 is 0 Å². The zero-order valence-electron chi connectivity index (χ0n) is 13.8. The van der Waals surface area contributed by atoms with Crippen LogP contribution in [0.2, 0.25) is 0 Å². The maximum atomic E-state index is 12.7. The first kappa shape index (κ1) is 16.7. The summed E-state index contributed by atoms with van der Waals surface area (Å²) in [6.45, 7) is 3.92. The number of nitrogens with zero attached hydrogens (tertiary/aromatic N) is 2. The van der Waals surface area contributed by atoms with E-state index in [1.165, 1.54) is 5.56 Å². The number of carboxylic acids is 1. The van der Waals surface area contributed by atoms with Gasteiger partial charge in [-0.1, -0.05) is 42.5 Å². The largest absolute Gasteiger partial charge is 0.481 e. The van der Waals surface area contributed by atoms with Crippen LogP contribution >= 0.6 is 0 Å². The molecule has 24 heavy (non-hydrogen) atoms. The fourth-order valence-electron chi connectivity index (χ4n) is 3.56. The normalized spacial score (nSPS) is 24.8. The molecule has 0 bridgehead atoms. The average Bonchev–Trinajstić information content (AvgIpc) is 2.62. The van der Waals surface area contributed by atoms with Gasteiger partial charge in [-0.25, -0.2) is 0 Å². The van der Waals surface area contributed by atoms with E-state index < -0.39 is 17.8 Å². The molecule has 3 rings (SSSR count). The molecule has 1 aliphatic carbocycles. The first-order valence-electron chi connectivity index (χ1n) is 8.58. The Kier molecular flexibility index (Phi) is 5.30. The minimum absolute atomic E-state index is 0.00566. The molecule has 0 spiro atoms. The monoisotopic (exact) mass is 328 g/mol. The number of hydrogen-bond donors (Lipinski definition) is 1. The molecule has 1 aliphatic heterocycles. The Morgan fingerprint density at radius 2 is 1.58 bits per heavy atom. The number of benzene rings is 1. The number of aliphatic carboxylic acids is 1. The second-order valence-corrected chi connectivity index (χ2v) is 6.58. The maximum absolute atomic E-state index is 12.7. The quantitative estimate of drug-likeness (QED) is 0.859. The fourth-order valence-corrected chi connectivity index (χ4v) is 3.56. The van der Waals surface area contributed by atoms with E-state index in [9.17, 15) is 14.7 Å². The summed E-state index contributed by atoms with van der Waals surface area (Å²) in [7, 11) is 0. The predicted molar refractivity (Wildman–Crippen MR) is 91.3 cm³/mol. The summed E-state index contributed by atoms with van der Waals surface area (Å²) in [6.07, 6.45) is 4.81. The number of rotatable bonds is 4. The van der Waals surface area contributed by atoms with Crippen molar-refractivity contribution in [2.75, 3.05) is 26.2 Å². The fraction of sp³-hybridized carbons (Fsp3) is 0.474. The highest BCUT2D eigenvalue weighted by atomic mass is 16.4. The second-order valence-electron chi connectivity index (χ2n) is 6.58. The zero-order valence-corrected chi connectivity index (χ0v) is 13.8. The minimum Gasteiger partial charge on any atom is -0.481 e. The summed E-state index contributed by atoms with van der Waals surface area (Å²) in [4.78, 5) is 28.3. The summed E-state index contributed by atoms with van der Waals surface area (Å²) in [5, 5.41) is 9.35. The molecule has 1 heterocycles. The number of amides is 1. The molecule has 1 saturated heterocycles. The third-order valence-electron chi connectivity index (χ3n) is 5.00. The van der Waals surface area contributed by atoms with Crippen molar-refractivity contribution in [1.82, 2.24) is 9.80 Å². The summed E-state index contributed by atoms with van der Waals surface area (Å²) >= 11 is 0. The van der Waals surface area contributed by atoms with Gasteiger partial charge in [0.15, 0.2) is 0 Å². The van der Waals surface area contributed by atoms with Gasteiger partial charge in [-0.3, -0.25) is 14.5 Å². The topological polar surface area (TPSA) is 60.9 Å². The summed E-state index contributed by atoms with van der Waals surface area (Å²) in [6, 6.07) is 10.3. The molecule has 1 aromatic carbocycles. The van der Waals surface area contributed by atoms with Crippen molar-refractivity contribution in [2.45, 2.75) is 19.4 Å². The molecule has 128 valence electrons. The van der Waals surface area contributed by atoms with E-state index in [4.69, 9.17) is 0 Å². The SMILES string of the molecule is O=C(O)[C@H]1CC=CC[C@H]1C(=O)N1CCN(Cc2ccccc2)CC1. The smallest absolute Gasteiger partial charge is 0.307 e. The number of carboxylic acid groups (broad SMARTS) is 1. The number of hydrogen-bond acceptors (Lipinski definition) is 3. The van der Waals surface area contributed by atoms with Crippen LogP contribution in [-0.4, -0.2) is 53.0 Å². The van der Waals surface area contributed by atoms with Gasteiger partial charge >= 0.3 is 5.97 Å². The van der Waals surface area contributed by atoms with E-state index in [-0.39, 0.29) is 5.91 Å². The van der Waals surface area contributed by atoms with E-state index >= 15 is 0 Å². The molecule has 1 N–H and O–H groups in total. The number of piperazine rings is 1. The van der Waals surface area contributed by atoms with Crippen molar-refractivity contribution in [2.24, 2.45) is 11.8 Å². The summed E-state index contributed by atoms with van der Waals surface area (Å²) < 4.78 is 0. The molecule has 2 aliphatic rings. The Labute approximate surface area is 142 Å². The predicted octanol–water partition coefficient (Wildman–Crippen LogP) is 2.00. The summed E-state index contributed by atoms with van der Waals surface area (Å²) in [5.41, 5.74) is 1.28. The highest BCUT2D eigenvalue weighted by molar-refractivity contribution is 5.85. The van der Waals surface area contributed by atoms with Crippen molar-refractivity contribution in [3.8, 4) is 0 Å². The lowest BCUT2D eigenvalue weighted by molar-refractivity contribution is -0.151. The van der Waals surface area contributed by atoms with Crippen molar-refractivity contribution in [3.05, 3.63) is 48.0 Å². The van der Waals surface area contributed by atoms with Gasteiger partial charge in [0.1, 0.15) is 0 Å². The molecule has 5 heteroatoms. The standard InChI is InChI=1S/C19H24N2O3/c22-18(16-8-4-5-9-17(16)19(23)24)21-12-10-20(11-13-21)14-15-6-2-1-3-7-15/h1-7,16-17H,8-14H2,(H,23,24)/t16-,17+/m1/s1. The van der Waals surface area contributed by atoms with Gasteiger partial charge in [0.25, 0.3) is 0 Å².